The highest BCUT2D eigenvalue weighted by molar-refractivity contribution is 5.93. The van der Waals surface area contributed by atoms with E-state index in [0.29, 0.717) is 31.2 Å². The molecule has 0 N–H and O–H groups in total. The number of rotatable bonds is 2. The molecule has 0 amide bonds. The molecule has 0 bridgehead atoms. The number of piperazine rings is 1. The van der Waals surface area contributed by atoms with Crippen LogP contribution in [0.25, 0.3) is 16.6 Å². The summed E-state index contributed by atoms with van der Waals surface area (Å²) in [5.74, 6) is -6.43. The smallest absolute Gasteiger partial charge is 0.338 e. The van der Waals surface area contributed by atoms with Gasteiger partial charge in [0.05, 0.1) is 11.1 Å². The molecule has 29 heavy (non-hydrogen) atoms. The molecule has 1 aliphatic heterocycles. The van der Waals surface area contributed by atoms with E-state index in [1.807, 2.05) is 11.9 Å². The molecule has 0 radical (unpaired) electrons. The Morgan fingerprint density at radius 1 is 0.966 bits per heavy atom. The van der Waals surface area contributed by atoms with Crippen LogP contribution in [0.5, 0.6) is 0 Å². The number of aromatic nitrogens is 4. The lowest BCUT2D eigenvalue weighted by atomic mass is 10.0. The van der Waals surface area contributed by atoms with Crippen LogP contribution in [0.4, 0.5) is 32.3 Å². The SMILES string of the molecule is Cc1nc2c3cc(C(F)(F)C(F)(F)F)c(F)cc3nc(N3CCN(C)CC3)n2n1. The molecular weight excluding hydrogens is 402 g/mol. The number of fused-ring (bicyclic) bond motifs is 3. The Morgan fingerprint density at radius 3 is 2.24 bits per heavy atom. The predicted molar refractivity (Wildman–Crippen MR) is 92.6 cm³/mol. The fourth-order valence-electron chi connectivity index (χ4n) is 3.32. The number of halogens is 6. The minimum Gasteiger partial charge on any atom is -0.338 e. The Hall–Kier alpha value is -2.63. The van der Waals surface area contributed by atoms with Crippen molar-refractivity contribution in [1.29, 1.82) is 0 Å². The molecule has 0 unspecified atom stereocenters. The third-order valence-corrected chi connectivity index (χ3v) is 4.93. The van der Waals surface area contributed by atoms with Gasteiger partial charge in [0, 0.05) is 37.6 Å². The van der Waals surface area contributed by atoms with Crippen molar-refractivity contribution in [1.82, 2.24) is 24.5 Å². The van der Waals surface area contributed by atoms with Crippen LogP contribution in [0.3, 0.4) is 0 Å². The largest absolute Gasteiger partial charge is 0.458 e. The van der Waals surface area contributed by atoms with E-state index in [1.54, 1.807) is 6.92 Å². The Kier molecular flexibility index (Phi) is 4.37. The second-order valence-electron chi connectivity index (χ2n) is 7.02. The first-order valence-electron chi connectivity index (χ1n) is 8.74. The average molecular weight is 418 g/mol. The first kappa shape index (κ1) is 19.7. The molecule has 6 nitrogen and oxygen atoms in total. The van der Waals surface area contributed by atoms with Crippen LogP contribution in [0.15, 0.2) is 12.1 Å². The van der Waals surface area contributed by atoms with Gasteiger partial charge >= 0.3 is 12.1 Å². The molecule has 0 atom stereocenters. The van der Waals surface area contributed by atoms with E-state index in [4.69, 9.17) is 0 Å². The monoisotopic (exact) mass is 418 g/mol. The zero-order chi connectivity index (χ0) is 21.1. The van der Waals surface area contributed by atoms with E-state index in [-0.39, 0.29) is 22.4 Å². The molecule has 2 aromatic heterocycles. The summed E-state index contributed by atoms with van der Waals surface area (Å²) in [6, 6.07) is 1.05. The minimum atomic E-state index is -5.94. The van der Waals surface area contributed by atoms with Crippen LogP contribution in [-0.2, 0) is 5.92 Å². The summed E-state index contributed by atoms with van der Waals surface area (Å²) < 4.78 is 81.6. The van der Waals surface area contributed by atoms with Crippen molar-refractivity contribution in [2.75, 3.05) is 38.1 Å². The molecule has 0 spiro atoms. The lowest BCUT2D eigenvalue weighted by Crippen LogP contribution is -2.45. The van der Waals surface area contributed by atoms with Gasteiger partial charge in [-0.15, -0.1) is 5.10 Å². The first-order valence-corrected chi connectivity index (χ1v) is 8.74. The van der Waals surface area contributed by atoms with Gasteiger partial charge in [-0.05, 0) is 20.0 Å². The van der Waals surface area contributed by atoms with Gasteiger partial charge in [-0.3, -0.25) is 0 Å². The van der Waals surface area contributed by atoms with Gasteiger partial charge in [0.15, 0.2) is 5.65 Å². The fourth-order valence-corrected chi connectivity index (χ4v) is 3.32. The molecule has 4 rings (SSSR count). The van der Waals surface area contributed by atoms with Crippen LogP contribution >= 0.6 is 0 Å². The number of hydrogen-bond acceptors (Lipinski definition) is 5. The highest BCUT2D eigenvalue weighted by atomic mass is 19.4. The number of aryl methyl sites for hydroxylation is 1. The third-order valence-electron chi connectivity index (χ3n) is 4.93. The normalized spacial score (nSPS) is 16.9. The first-order chi connectivity index (χ1) is 13.5. The van der Waals surface area contributed by atoms with Crippen LogP contribution < -0.4 is 4.90 Å². The molecule has 12 heteroatoms. The summed E-state index contributed by atoms with van der Waals surface area (Å²) in [7, 11) is 1.96. The van der Waals surface area contributed by atoms with E-state index in [9.17, 15) is 26.3 Å². The zero-order valence-corrected chi connectivity index (χ0v) is 15.4. The van der Waals surface area contributed by atoms with Crippen LogP contribution in [-0.4, -0.2) is 63.9 Å². The molecule has 1 aromatic carbocycles. The summed E-state index contributed by atoms with van der Waals surface area (Å²) in [4.78, 5) is 12.5. The quantitative estimate of drug-likeness (QED) is 0.599. The lowest BCUT2D eigenvalue weighted by Gasteiger charge is -2.33. The minimum absolute atomic E-state index is 0.0423. The lowest BCUT2D eigenvalue weighted by molar-refractivity contribution is -0.290. The molecule has 0 saturated carbocycles. The Labute approximate surface area is 160 Å². The maximum absolute atomic E-state index is 14.3. The summed E-state index contributed by atoms with van der Waals surface area (Å²) in [6.45, 7) is 4.22. The van der Waals surface area contributed by atoms with Crippen molar-refractivity contribution in [2.24, 2.45) is 0 Å². The molecule has 1 fully saturated rings. The zero-order valence-electron chi connectivity index (χ0n) is 15.4. The predicted octanol–water partition coefficient (Wildman–Crippen LogP) is 3.13. The second kappa shape index (κ2) is 6.44. The van der Waals surface area contributed by atoms with Crippen LogP contribution in [0.1, 0.15) is 11.4 Å². The van der Waals surface area contributed by atoms with Gasteiger partial charge in [-0.2, -0.15) is 26.5 Å². The molecule has 3 heterocycles. The van der Waals surface area contributed by atoms with E-state index in [0.717, 1.165) is 13.1 Å². The Morgan fingerprint density at radius 2 is 1.62 bits per heavy atom. The maximum Gasteiger partial charge on any atom is 0.458 e. The van der Waals surface area contributed by atoms with Crippen LogP contribution in [0, 0.1) is 12.7 Å². The second-order valence-corrected chi connectivity index (χ2v) is 7.02. The van der Waals surface area contributed by atoms with Crippen LogP contribution in [0.2, 0.25) is 0 Å². The molecule has 1 aliphatic rings. The van der Waals surface area contributed by atoms with E-state index in [1.165, 1.54) is 4.52 Å². The number of anilines is 1. The fraction of sp³-hybridized carbons (Fsp3) is 0.471. The Bertz CT molecular complexity index is 1080. The van der Waals surface area contributed by atoms with Crippen molar-refractivity contribution in [3.63, 3.8) is 0 Å². The molecule has 156 valence electrons. The summed E-state index contributed by atoms with van der Waals surface area (Å²) in [5, 5.41) is 4.07. The number of alkyl halides is 5. The van der Waals surface area contributed by atoms with E-state index < -0.39 is 23.5 Å². The van der Waals surface area contributed by atoms with Gasteiger partial charge in [0.1, 0.15) is 11.6 Å². The van der Waals surface area contributed by atoms with Crippen molar-refractivity contribution < 1.29 is 26.3 Å². The molecule has 0 aliphatic carbocycles. The standard InChI is InChI=1S/C17H16F6N6/c1-9-24-14-10-7-11(16(19,20)17(21,22)23)12(18)8-13(10)25-15(29(14)26-9)28-5-3-27(2)4-6-28/h7-8H,3-6H2,1-2H3. The van der Waals surface area contributed by atoms with Gasteiger partial charge in [-0.25, -0.2) is 14.4 Å². The topological polar surface area (TPSA) is 49.6 Å². The number of benzene rings is 1. The molecule has 3 aromatic rings. The number of hydrogen-bond donors (Lipinski definition) is 0. The molecular formula is C17H16F6N6. The van der Waals surface area contributed by atoms with Gasteiger partial charge < -0.3 is 9.80 Å². The maximum atomic E-state index is 14.3. The number of likely N-dealkylation sites (N-methyl/N-ethyl adjacent to an activating group) is 1. The third kappa shape index (κ3) is 3.15. The average Bonchev–Trinajstić information content (AvgIpc) is 3.01. The van der Waals surface area contributed by atoms with E-state index in [2.05, 4.69) is 20.0 Å². The van der Waals surface area contributed by atoms with Crippen molar-refractivity contribution in [3.8, 4) is 0 Å². The summed E-state index contributed by atoms with van der Waals surface area (Å²) in [6.07, 6.45) is -5.94. The highest BCUT2D eigenvalue weighted by Gasteiger charge is 2.60. The van der Waals surface area contributed by atoms with Crippen molar-refractivity contribution in [3.05, 3.63) is 29.3 Å². The van der Waals surface area contributed by atoms with Crippen molar-refractivity contribution >= 4 is 22.5 Å². The summed E-state index contributed by atoms with van der Waals surface area (Å²) in [5.41, 5.74) is -1.80. The van der Waals surface area contributed by atoms with Gasteiger partial charge in [-0.1, -0.05) is 0 Å². The van der Waals surface area contributed by atoms with E-state index >= 15 is 0 Å². The number of nitrogens with zero attached hydrogens (tertiary/aromatic N) is 6. The highest BCUT2D eigenvalue weighted by Crippen LogP contribution is 2.45. The van der Waals surface area contributed by atoms with Gasteiger partial charge in [0.25, 0.3) is 0 Å². The summed E-state index contributed by atoms with van der Waals surface area (Å²) >= 11 is 0. The van der Waals surface area contributed by atoms with Gasteiger partial charge in [0.2, 0.25) is 5.95 Å². The Balaban J connectivity index is 1.95. The molecule has 1 saturated heterocycles. The van der Waals surface area contributed by atoms with Crippen molar-refractivity contribution in [2.45, 2.75) is 19.0 Å².